The van der Waals surface area contributed by atoms with E-state index < -0.39 is 15.8 Å². The van der Waals surface area contributed by atoms with E-state index in [0.717, 1.165) is 18.5 Å². The summed E-state index contributed by atoms with van der Waals surface area (Å²) in [7, 11) is -3.72. The molecular formula is C14H21FN2O2S. The lowest BCUT2D eigenvalue weighted by Gasteiger charge is -2.17. The summed E-state index contributed by atoms with van der Waals surface area (Å²) in [6.45, 7) is 6.23. The van der Waals surface area contributed by atoms with Crippen molar-refractivity contribution < 1.29 is 12.8 Å². The van der Waals surface area contributed by atoms with Gasteiger partial charge in [-0.15, -0.1) is 0 Å². The monoisotopic (exact) mass is 300 g/mol. The van der Waals surface area contributed by atoms with E-state index in [2.05, 4.69) is 5.32 Å². The topological polar surface area (TPSA) is 49.4 Å². The summed E-state index contributed by atoms with van der Waals surface area (Å²) in [6, 6.07) is 4.29. The Morgan fingerprint density at radius 2 is 2.20 bits per heavy atom. The van der Waals surface area contributed by atoms with Crippen LogP contribution in [0.2, 0.25) is 0 Å². The second kappa shape index (κ2) is 6.20. The molecule has 2 rings (SSSR count). The molecule has 0 radical (unpaired) electrons. The highest BCUT2D eigenvalue weighted by atomic mass is 32.2. The van der Waals surface area contributed by atoms with Gasteiger partial charge >= 0.3 is 0 Å². The Morgan fingerprint density at radius 1 is 1.45 bits per heavy atom. The number of rotatable bonds is 5. The SMILES string of the molecule is CCNCc1ccc(F)c(S(=O)(=O)N2CCC(C)C2)c1. The molecule has 4 nitrogen and oxygen atoms in total. The standard InChI is InChI=1S/C14H21FN2O2S/c1-3-16-9-12-4-5-13(15)14(8-12)20(18,19)17-7-6-11(2)10-17/h4-5,8,11,16H,3,6-7,9-10H2,1-2H3. The van der Waals surface area contributed by atoms with Crippen molar-refractivity contribution in [2.75, 3.05) is 19.6 Å². The zero-order valence-corrected chi connectivity index (χ0v) is 12.7. The Balaban J connectivity index is 2.30. The minimum Gasteiger partial charge on any atom is -0.313 e. The third kappa shape index (κ3) is 3.19. The molecule has 0 bridgehead atoms. The number of nitrogens with zero attached hydrogens (tertiary/aromatic N) is 1. The summed E-state index contributed by atoms with van der Waals surface area (Å²) in [5.41, 5.74) is 0.777. The molecule has 20 heavy (non-hydrogen) atoms. The van der Waals surface area contributed by atoms with Crippen LogP contribution in [0.25, 0.3) is 0 Å². The van der Waals surface area contributed by atoms with Gasteiger partial charge in [0.05, 0.1) is 0 Å². The summed E-state index contributed by atoms with van der Waals surface area (Å²) < 4.78 is 40.3. The van der Waals surface area contributed by atoms with Gasteiger partial charge in [-0.25, -0.2) is 12.8 Å². The van der Waals surface area contributed by atoms with E-state index in [-0.39, 0.29) is 4.90 Å². The van der Waals surface area contributed by atoms with Crippen LogP contribution >= 0.6 is 0 Å². The van der Waals surface area contributed by atoms with E-state index in [9.17, 15) is 12.8 Å². The Morgan fingerprint density at radius 3 is 2.80 bits per heavy atom. The quantitative estimate of drug-likeness (QED) is 0.904. The highest BCUT2D eigenvalue weighted by Gasteiger charge is 2.32. The van der Waals surface area contributed by atoms with Crippen LogP contribution in [-0.4, -0.2) is 32.4 Å². The highest BCUT2D eigenvalue weighted by molar-refractivity contribution is 7.89. The fourth-order valence-corrected chi connectivity index (χ4v) is 4.07. The number of nitrogens with one attached hydrogen (secondary N) is 1. The molecule has 1 saturated heterocycles. The zero-order valence-electron chi connectivity index (χ0n) is 11.9. The van der Waals surface area contributed by atoms with Gasteiger partial charge in [0.1, 0.15) is 10.7 Å². The van der Waals surface area contributed by atoms with Crippen molar-refractivity contribution in [2.24, 2.45) is 5.92 Å². The summed E-state index contributed by atoms with van der Waals surface area (Å²) in [5.74, 6) is -0.345. The van der Waals surface area contributed by atoms with Gasteiger partial charge in [0.15, 0.2) is 0 Å². The molecule has 1 N–H and O–H groups in total. The van der Waals surface area contributed by atoms with Gasteiger partial charge in [-0.05, 0) is 36.6 Å². The van der Waals surface area contributed by atoms with Crippen LogP contribution in [0, 0.1) is 11.7 Å². The first-order valence-corrected chi connectivity index (χ1v) is 8.38. The number of hydrogen-bond donors (Lipinski definition) is 1. The van der Waals surface area contributed by atoms with Gasteiger partial charge in [-0.1, -0.05) is 19.9 Å². The Hall–Kier alpha value is -0.980. The first-order valence-electron chi connectivity index (χ1n) is 6.94. The normalized spacial score (nSPS) is 20.4. The van der Waals surface area contributed by atoms with E-state index in [4.69, 9.17) is 0 Å². The number of hydrogen-bond acceptors (Lipinski definition) is 3. The molecule has 1 aliphatic heterocycles. The van der Waals surface area contributed by atoms with Crippen molar-refractivity contribution in [3.05, 3.63) is 29.6 Å². The maximum atomic E-state index is 13.9. The summed E-state index contributed by atoms with van der Waals surface area (Å²) in [6.07, 6.45) is 0.831. The van der Waals surface area contributed by atoms with Crippen LogP contribution in [0.15, 0.2) is 23.1 Å². The van der Waals surface area contributed by atoms with Gasteiger partial charge in [0.2, 0.25) is 10.0 Å². The highest BCUT2D eigenvalue weighted by Crippen LogP contribution is 2.26. The van der Waals surface area contributed by atoms with Crippen molar-refractivity contribution in [3.8, 4) is 0 Å². The van der Waals surface area contributed by atoms with Crippen molar-refractivity contribution in [1.82, 2.24) is 9.62 Å². The van der Waals surface area contributed by atoms with Crippen LogP contribution in [0.1, 0.15) is 25.8 Å². The molecule has 0 spiro atoms. The van der Waals surface area contributed by atoms with E-state index >= 15 is 0 Å². The maximum absolute atomic E-state index is 13.9. The molecule has 1 fully saturated rings. The average Bonchev–Trinajstić information content (AvgIpc) is 2.85. The van der Waals surface area contributed by atoms with Crippen LogP contribution in [-0.2, 0) is 16.6 Å². The molecule has 1 heterocycles. The third-order valence-electron chi connectivity index (χ3n) is 3.58. The second-order valence-corrected chi connectivity index (χ2v) is 7.21. The van der Waals surface area contributed by atoms with Gasteiger partial charge in [0.25, 0.3) is 0 Å². The molecule has 0 aliphatic carbocycles. The lowest BCUT2D eigenvalue weighted by Crippen LogP contribution is -2.29. The average molecular weight is 300 g/mol. The van der Waals surface area contributed by atoms with Gasteiger partial charge in [-0.3, -0.25) is 0 Å². The van der Waals surface area contributed by atoms with Crippen molar-refractivity contribution in [1.29, 1.82) is 0 Å². The Kier molecular flexibility index (Phi) is 4.78. The van der Waals surface area contributed by atoms with Gasteiger partial charge in [0, 0.05) is 19.6 Å². The largest absolute Gasteiger partial charge is 0.313 e. The van der Waals surface area contributed by atoms with E-state index in [1.54, 1.807) is 6.07 Å². The van der Waals surface area contributed by atoms with Crippen molar-refractivity contribution >= 4 is 10.0 Å². The number of sulfonamides is 1. The van der Waals surface area contributed by atoms with E-state index in [1.165, 1.54) is 16.4 Å². The smallest absolute Gasteiger partial charge is 0.246 e. The zero-order chi connectivity index (χ0) is 14.8. The first-order chi connectivity index (χ1) is 9.45. The number of halogens is 1. The molecule has 0 aromatic heterocycles. The molecule has 1 atom stereocenters. The molecule has 1 unspecified atom stereocenters. The van der Waals surface area contributed by atoms with Crippen LogP contribution in [0.4, 0.5) is 4.39 Å². The molecule has 0 saturated carbocycles. The second-order valence-electron chi connectivity index (χ2n) is 5.30. The Bertz CT molecular complexity index is 575. The van der Waals surface area contributed by atoms with E-state index in [1.807, 2.05) is 13.8 Å². The lowest BCUT2D eigenvalue weighted by molar-refractivity contribution is 0.457. The van der Waals surface area contributed by atoms with Crippen molar-refractivity contribution in [3.63, 3.8) is 0 Å². The number of benzene rings is 1. The molecule has 1 aliphatic rings. The summed E-state index contributed by atoms with van der Waals surface area (Å²) in [5, 5.41) is 3.11. The Labute approximate surface area is 120 Å². The van der Waals surface area contributed by atoms with Gasteiger partial charge in [-0.2, -0.15) is 4.31 Å². The lowest BCUT2D eigenvalue weighted by atomic mass is 10.2. The molecule has 0 amide bonds. The minimum absolute atomic E-state index is 0.206. The van der Waals surface area contributed by atoms with Crippen molar-refractivity contribution in [2.45, 2.75) is 31.7 Å². The third-order valence-corrected chi connectivity index (χ3v) is 5.46. The molecule has 112 valence electrons. The van der Waals surface area contributed by atoms with Crippen LogP contribution in [0.3, 0.4) is 0 Å². The molecule has 1 aromatic rings. The fraction of sp³-hybridized carbons (Fsp3) is 0.571. The summed E-state index contributed by atoms with van der Waals surface area (Å²) >= 11 is 0. The van der Waals surface area contributed by atoms with Gasteiger partial charge < -0.3 is 5.32 Å². The molecule has 6 heteroatoms. The first kappa shape index (κ1) is 15.4. The predicted octanol–water partition coefficient (Wildman–Crippen LogP) is 1.97. The van der Waals surface area contributed by atoms with E-state index in [0.29, 0.717) is 25.6 Å². The maximum Gasteiger partial charge on any atom is 0.246 e. The van der Waals surface area contributed by atoms with Crippen LogP contribution in [0.5, 0.6) is 0 Å². The fourth-order valence-electron chi connectivity index (χ4n) is 2.38. The minimum atomic E-state index is -3.72. The predicted molar refractivity (Wildman–Crippen MR) is 76.3 cm³/mol. The van der Waals surface area contributed by atoms with Crippen LogP contribution < -0.4 is 5.32 Å². The summed E-state index contributed by atoms with van der Waals surface area (Å²) in [4.78, 5) is -0.206. The molecular weight excluding hydrogens is 279 g/mol. The molecule has 1 aromatic carbocycles.